The van der Waals surface area contributed by atoms with Crippen molar-refractivity contribution in [3.05, 3.63) is 0 Å². The summed E-state index contributed by atoms with van der Waals surface area (Å²) >= 11 is 0. The summed E-state index contributed by atoms with van der Waals surface area (Å²) in [5.41, 5.74) is 0.396. The molecule has 1 aliphatic rings. The molecule has 54 valence electrons. The molecule has 1 fully saturated rings. The largest absolute Gasteiger partial charge is 0.282 e. The second-order valence-electron chi connectivity index (χ2n) is 3.80. The standard InChI is InChI=1S/C7H16N2/c1-6(2)8-7(3,4)9(6)5/h8H,1-5H3. The molecule has 1 heterocycles. The Morgan fingerprint density at radius 2 is 1.33 bits per heavy atom. The first kappa shape index (κ1) is 7.03. The molecule has 2 heteroatoms. The summed E-state index contributed by atoms with van der Waals surface area (Å²) in [7, 11) is 2.14. The van der Waals surface area contributed by atoms with Crippen molar-refractivity contribution in [1.82, 2.24) is 10.2 Å². The maximum atomic E-state index is 3.43. The van der Waals surface area contributed by atoms with Crippen molar-refractivity contribution in [1.29, 1.82) is 0 Å². The smallest absolute Gasteiger partial charge is 0.0680 e. The molecule has 9 heavy (non-hydrogen) atoms. The van der Waals surface area contributed by atoms with E-state index >= 15 is 0 Å². The zero-order valence-corrected chi connectivity index (χ0v) is 6.95. The molecule has 0 aromatic heterocycles. The van der Waals surface area contributed by atoms with Crippen LogP contribution in [-0.4, -0.2) is 23.3 Å². The quantitative estimate of drug-likeness (QED) is 0.523. The van der Waals surface area contributed by atoms with Gasteiger partial charge in [0, 0.05) is 0 Å². The molecule has 0 saturated carbocycles. The van der Waals surface area contributed by atoms with Crippen molar-refractivity contribution in [2.75, 3.05) is 7.05 Å². The lowest BCUT2D eigenvalue weighted by molar-refractivity contribution is -0.128. The van der Waals surface area contributed by atoms with Crippen LogP contribution in [-0.2, 0) is 0 Å². The van der Waals surface area contributed by atoms with Crippen LogP contribution in [0.3, 0.4) is 0 Å². The molecule has 0 spiro atoms. The lowest BCUT2D eigenvalue weighted by Gasteiger charge is -2.60. The molecule has 1 rings (SSSR count). The van der Waals surface area contributed by atoms with E-state index in [9.17, 15) is 0 Å². The summed E-state index contributed by atoms with van der Waals surface area (Å²) < 4.78 is 0. The van der Waals surface area contributed by atoms with Gasteiger partial charge < -0.3 is 0 Å². The summed E-state index contributed by atoms with van der Waals surface area (Å²) in [6, 6.07) is 0. The van der Waals surface area contributed by atoms with E-state index in [0.717, 1.165) is 0 Å². The van der Waals surface area contributed by atoms with Crippen molar-refractivity contribution in [2.24, 2.45) is 0 Å². The summed E-state index contributed by atoms with van der Waals surface area (Å²) in [5, 5.41) is 3.43. The summed E-state index contributed by atoms with van der Waals surface area (Å²) in [5.74, 6) is 0. The van der Waals surface area contributed by atoms with Crippen LogP contribution < -0.4 is 5.32 Å². The van der Waals surface area contributed by atoms with Crippen LogP contribution in [0.15, 0.2) is 0 Å². The molecular weight excluding hydrogens is 112 g/mol. The van der Waals surface area contributed by atoms with Gasteiger partial charge in [0.1, 0.15) is 0 Å². The Balaban J connectivity index is 2.62. The van der Waals surface area contributed by atoms with E-state index in [1.54, 1.807) is 0 Å². The Kier molecular flexibility index (Phi) is 1.17. The zero-order valence-electron chi connectivity index (χ0n) is 6.95. The number of nitrogens with one attached hydrogen (secondary N) is 1. The molecule has 0 aliphatic carbocycles. The first-order valence-electron chi connectivity index (χ1n) is 3.39. The minimum Gasteiger partial charge on any atom is -0.282 e. The molecule has 1 saturated heterocycles. The topological polar surface area (TPSA) is 15.3 Å². The van der Waals surface area contributed by atoms with Crippen LogP contribution in [0.2, 0.25) is 0 Å². The second kappa shape index (κ2) is 1.50. The number of rotatable bonds is 0. The zero-order chi connectivity index (χ0) is 7.28. The van der Waals surface area contributed by atoms with E-state index in [4.69, 9.17) is 0 Å². The van der Waals surface area contributed by atoms with Crippen LogP contribution in [0.4, 0.5) is 0 Å². The van der Waals surface area contributed by atoms with Gasteiger partial charge in [-0.15, -0.1) is 0 Å². The third kappa shape index (κ3) is 0.864. The Hall–Kier alpha value is -0.0800. The first-order chi connectivity index (χ1) is 3.86. The summed E-state index contributed by atoms with van der Waals surface area (Å²) in [4.78, 5) is 2.32. The highest BCUT2D eigenvalue weighted by Gasteiger charge is 2.46. The Bertz CT molecular complexity index is 113. The molecule has 0 radical (unpaired) electrons. The molecule has 0 bridgehead atoms. The van der Waals surface area contributed by atoms with Gasteiger partial charge in [0.05, 0.1) is 11.3 Å². The van der Waals surface area contributed by atoms with Gasteiger partial charge in [-0.05, 0) is 34.7 Å². The predicted octanol–water partition coefficient (Wildman–Crippen LogP) is 0.994. The lowest BCUT2D eigenvalue weighted by Crippen LogP contribution is -2.80. The van der Waals surface area contributed by atoms with Crippen LogP contribution in [0, 0.1) is 0 Å². The Morgan fingerprint density at radius 1 is 1.00 bits per heavy atom. The van der Waals surface area contributed by atoms with Crippen molar-refractivity contribution in [2.45, 2.75) is 39.0 Å². The third-order valence-electron chi connectivity index (χ3n) is 2.29. The molecule has 2 nitrogen and oxygen atoms in total. The molecule has 0 atom stereocenters. The highest BCUT2D eigenvalue weighted by atomic mass is 15.5. The normalized spacial score (nSPS) is 31.7. The first-order valence-corrected chi connectivity index (χ1v) is 3.39. The lowest BCUT2D eigenvalue weighted by atomic mass is 9.97. The maximum absolute atomic E-state index is 3.43. The number of hydrogen-bond donors (Lipinski definition) is 1. The van der Waals surface area contributed by atoms with E-state index in [0.29, 0.717) is 0 Å². The molecular formula is C7H16N2. The van der Waals surface area contributed by atoms with E-state index in [1.807, 2.05) is 0 Å². The monoisotopic (exact) mass is 128 g/mol. The maximum Gasteiger partial charge on any atom is 0.0680 e. The minimum absolute atomic E-state index is 0.198. The van der Waals surface area contributed by atoms with E-state index in [1.165, 1.54) is 0 Å². The highest BCUT2D eigenvalue weighted by molar-refractivity contribution is 4.99. The fourth-order valence-electron chi connectivity index (χ4n) is 1.56. The summed E-state index contributed by atoms with van der Waals surface area (Å²) in [6.45, 7) is 8.72. The average Bonchev–Trinajstić information content (AvgIpc) is 1.63. The third-order valence-corrected chi connectivity index (χ3v) is 2.29. The van der Waals surface area contributed by atoms with Crippen molar-refractivity contribution in [3.63, 3.8) is 0 Å². The average molecular weight is 128 g/mol. The van der Waals surface area contributed by atoms with Crippen molar-refractivity contribution >= 4 is 0 Å². The van der Waals surface area contributed by atoms with Crippen LogP contribution >= 0.6 is 0 Å². The van der Waals surface area contributed by atoms with Gasteiger partial charge in [-0.1, -0.05) is 0 Å². The van der Waals surface area contributed by atoms with Crippen molar-refractivity contribution < 1.29 is 0 Å². The molecule has 0 aromatic rings. The van der Waals surface area contributed by atoms with Gasteiger partial charge >= 0.3 is 0 Å². The fourth-order valence-corrected chi connectivity index (χ4v) is 1.56. The van der Waals surface area contributed by atoms with Gasteiger partial charge in [-0.2, -0.15) is 0 Å². The fraction of sp³-hybridized carbons (Fsp3) is 1.00. The molecule has 1 aliphatic heterocycles. The Labute approximate surface area is 57.2 Å². The van der Waals surface area contributed by atoms with E-state index in [-0.39, 0.29) is 11.3 Å². The van der Waals surface area contributed by atoms with Crippen LogP contribution in [0.1, 0.15) is 27.7 Å². The van der Waals surface area contributed by atoms with Gasteiger partial charge in [0.2, 0.25) is 0 Å². The summed E-state index contributed by atoms with van der Waals surface area (Å²) in [6.07, 6.45) is 0. The SMILES string of the molecule is CN1C(C)(C)NC1(C)C. The molecule has 0 aromatic carbocycles. The number of nitrogens with zero attached hydrogens (tertiary/aromatic N) is 1. The Morgan fingerprint density at radius 3 is 1.33 bits per heavy atom. The van der Waals surface area contributed by atoms with E-state index < -0.39 is 0 Å². The van der Waals surface area contributed by atoms with Crippen LogP contribution in [0.5, 0.6) is 0 Å². The van der Waals surface area contributed by atoms with E-state index in [2.05, 4.69) is 45.0 Å². The van der Waals surface area contributed by atoms with Crippen LogP contribution in [0.25, 0.3) is 0 Å². The molecule has 1 N–H and O–H groups in total. The molecule has 0 amide bonds. The van der Waals surface area contributed by atoms with Crippen molar-refractivity contribution in [3.8, 4) is 0 Å². The van der Waals surface area contributed by atoms with Gasteiger partial charge in [0.15, 0.2) is 0 Å². The second-order valence-corrected chi connectivity index (χ2v) is 3.80. The van der Waals surface area contributed by atoms with Gasteiger partial charge in [-0.3, -0.25) is 10.2 Å². The minimum atomic E-state index is 0.198. The molecule has 0 unspecified atom stereocenters. The highest BCUT2D eigenvalue weighted by Crippen LogP contribution is 2.30. The van der Waals surface area contributed by atoms with Gasteiger partial charge in [0.25, 0.3) is 0 Å². The van der Waals surface area contributed by atoms with Gasteiger partial charge in [-0.25, -0.2) is 0 Å². The predicted molar refractivity (Wildman–Crippen MR) is 39.1 cm³/mol. The number of hydrogen-bond acceptors (Lipinski definition) is 2.